The molecule has 2 aromatic rings. The number of nitrogens with zero attached hydrogens (tertiary/aromatic N) is 1. The molecule has 7 heteroatoms. The molecule has 0 aliphatic rings. The molecule has 0 atom stereocenters. The lowest BCUT2D eigenvalue weighted by molar-refractivity contribution is 0.0698. The summed E-state index contributed by atoms with van der Waals surface area (Å²) in [6.07, 6.45) is 1.38. The normalized spacial score (nSPS) is 10.2. The van der Waals surface area contributed by atoms with Gasteiger partial charge in [-0.05, 0) is 40.2 Å². The fourth-order valence-corrected chi connectivity index (χ4v) is 1.90. The van der Waals surface area contributed by atoms with Gasteiger partial charge in [0.15, 0.2) is 5.82 Å². The second kappa shape index (κ2) is 5.46. The number of benzene rings is 1. The summed E-state index contributed by atoms with van der Waals surface area (Å²) < 4.78 is 0.764. The van der Waals surface area contributed by atoms with E-state index in [1.807, 2.05) is 0 Å². The Morgan fingerprint density at radius 2 is 2.16 bits per heavy atom. The molecule has 0 aliphatic heterocycles. The fourth-order valence-electron chi connectivity index (χ4n) is 1.47. The van der Waals surface area contributed by atoms with E-state index in [0.717, 1.165) is 4.47 Å². The van der Waals surface area contributed by atoms with Crippen molar-refractivity contribution >= 4 is 50.7 Å². The molecule has 1 aromatic carbocycles. The van der Waals surface area contributed by atoms with Crippen LogP contribution in [0.1, 0.15) is 10.4 Å². The van der Waals surface area contributed by atoms with Gasteiger partial charge in [0.2, 0.25) is 0 Å². The lowest BCUT2D eigenvalue weighted by Gasteiger charge is -2.10. The van der Waals surface area contributed by atoms with Gasteiger partial charge in [-0.2, -0.15) is 0 Å². The Labute approximate surface area is 122 Å². The zero-order valence-corrected chi connectivity index (χ0v) is 11.9. The van der Waals surface area contributed by atoms with Gasteiger partial charge in [-0.15, -0.1) is 0 Å². The van der Waals surface area contributed by atoms with Crippen LogP contribution < -0.4 is 11.1 Å². The highest BCUT2D eigenvalue weighted by Gasteiger charge is 2.12. The number of carbonyl (C=O) groups is 1. The smallest absolute Gasteiger partial charge is 0.337 e. The molecule has 0 amide bonds. The number of halogens is 2. The van der Waals surface area contributed by atoms with Crippen molar-refractivity contribution in [1.29, 1.82) is 0 Å². The zero-order chi connectivity index (χ0) is 14.0. The van der Waals surface area contributed by atoms with Crippen LogP contribution in [0.15, 0.2) is 34.9 Å². The highest BCUT2D eigenvalue weighted by molar-refractivity contribution is 9.10. The molecule has 5 nitrogen and oxygen atoms in total. The summed E-state index contributed by atoms with van der Waals surface area (Å²) in [6.45, 7) is 0. The second-order valence-electron chi connectivity index (χ2n) is 3.68. The van der Waals surface area contributed by atoms with Crippen LogP contribution in [0.4, 0.5) is 17.2 Å². The summed E-state index contributed by atoms with van der Waals surface area (Å²) in [5, 5.41) is 12.4. The molecule has 0 saturated carbocycles. The summed E-state index contributed by atoms with van der Waals surface area (Å²) in [5.41, 5.74) is 6.49. The van der Waals surface area contributed by atoms with Gasteiger partial charge >= 0.3 is 5.97 Å². The van der Waals surface area contributed by atoms with Gasteiger partial charge in [0.05, 0.1) is 16.3 Å². The topological polar surface area (TPSA) is 88.2 Å². The predicted molar refractivity (Wildman–Crippen MR) is 78.0 cm³/mol. The first-order chi connectivity index (χ1) is 8.99. The van der Waals surface area contributed by atoms with Gasteiger partial charge in [0.25, 0.3) is 0 Å². The van der Waals surface area contributed by atoms with Crippen LogP contribution in [0.25, 0.3) is 0 Å². The molecule has 4 N–H and O–H groups in total. The molecular formula is C12H9BrClN3O2. The zero-order valence-electron chi connectivity index (χ0n) is 9.52. The maximum Gasteiger partial charge on any atom is 0.337 e. The maximum atomic E-state index is 11.0. The lowest BCUT2D eigenvalue weighted by atomic mass is 10.2. The van der Waals surface area contributed by atoms with Crippen molar-refractivity contribution in [3.63, 3.8) is 0 Å². The number of carboxylic acid groups (broad SMARTS) is 1. The monoisotopic (exact) mass is 341 g/mol. The molecule has 0 aliphatic carbocycles. The van der Waals surface area contributed by atoms with Gasteiger partial charge in [-0.1, -0.05) is 11.6 Å². The number of aromatic carboxylic acids is 1. The number of nitrogens with one attached hydrogen (secondary N) is 1. The standard InChI is InChI=1S/C12H9BrClN3O2/c13-8-2-1-6(5-9(8)14)17-11-10(15)7(12(18)19)3-4-16-11/h1-5H,15H2,(H,16,17)(H,18,19). The SMILES string of the molecule is Nc1c(C(=O)O)ccnc1Nc1ccc(Br)c(Cl)c1. The Morgan fingerprint density at radius 3 is 2.79 bits per heavy atom. The molecule has 0 saturated heterocycles. The summed E-state index contributed by atoms with van der Waals surface area (Å²) >= 11 is 9.25. The van der Waals surface area contributed by atoms with E-state index in [2.05, 4.69) is 26.2 Å². The van der Waals surface area contributed by atoms with Crippen molar-refractivity contribution in [2.24, 2.45) is 0 Å². The minimum absolute atomic E-state index is 0.000656. The molecule has 0 spiro atoms. The first-order valence-electron chi connectivity index (χ1n) is 5.19. The van der Waals surface area contributed by atoms with E-state index in [4.69, 9.17) is 22.4 Å². The van der Waals surface area contributed by atoms with E-state index in [1.54, 1.807) is 18.2 Å². The Morgan fingerprint density at radius 1 is 1.42 bits per heavy atom. The fraction of sp³-hybridized carbons (Fsp3) is 0. The Bertz CT molecular complexity index is 649. The molecule has 0 unspecified atom stereocenters. The van der Waals surface area contributed by atoms with E-state index >= 15 is 0 Å². The number of rotatable bonds is 3. The van der Waals surface area contributed by atoms with Crippen molar-refractivity contribution in [3.05, 3.63) is 45.5 Å². The summed E-state index contributed by atoms with van der Waals surface area (Å²) in [7, 11) is 0. The lowest BCUT2D eigenvalue weighted by Crippen LogP contribution is -2.06. The van der Waals surface area contributed by atoms with Crippen LogP contribution in [0, 0.1) is 0 Å². The molecule has 19 heavy (non-hydrogen) atoms. The van der Waals surface area contributed by atoms with Crippen LogP contribution in [-0.2, 0) is 0 Å². The number of carboxylic acids is 1. The number of aromatic nitrogens is 1. The van der Waals surface area contributed by atoms with Crippen LogP contribution in [0.5, 0.6) is 0 Å². The Balaban J connectivity index is 2.35. The average Bonchev–Trinajstić information content (AvgIpc) is 2.36. The summed E-state index contributed by atoms with van der Waals surface area (Å²) in [5.74, 6) is -0.824. The van der Waals surface area contributed by atoms with Crippen molar-refractivity contribution < 1.29 is 9.90 Å². The van der Waals surface area contributed by atoms with E-state index in [9.17, 15) is 4.79 Å². The molecule has 1 heterocycles. The first kappa shape index (κ1) is 13.6. The Hall–Kier alpha value is -1.79. The molecular weight excluding hydrogens is 334 g/mol. The molecule has 0 fully saturated rings. The number of hydrogen-bond donors (Lipinski definition) is 3. The van der Waals surface area contributed by atoms with E-state index in [0.29, 0.717) is 10.7 Å². The molecule has 98 valence electrons. The van der Waals surface area contributed by atoms with Gasteiger partial charge in [-0.3, -0.25) is 0 Å². The molecule has 0 bridgehead atoms. The minimum Gasteiger partial charge on any atom is -0.478 e. The third-order valence-corrected chi connectivity index (χ3v) is 3.64. The molecule has 2 rings (SSSR count). The third kappa shape index (κ3) is 2.97. The number of nitrogens with two attached hydrogens (primary N) is 1. The number of pyridine rings is 1. The van der Waals surface area contributed by atoms with Crippen molar-refractivity contribution in [1.82, 2.24) is 4.98 Å². The highest BCUT2D eigenvalue weighted by Crippen LogP contribution is 2.29. The summed E-state index contributed by atoms with van der Waals surface area (Å²) in [4.78, 5) is 15.0. The predicted octanol–water partition coefficient (Wildman–Crippen LogP) is 3.52. The van der Waals surface area contributed by atoms with Crippen molar-refractivity contribution in [3.8, 4) is 0 Å². The van der Waals surface area contributed by atoms with E-state index in [-0.39, 0.29) is 17.1 Å². The number of anilines is 3. The minimum atomic E-state index is -1.10. The van der Waals surface area contributed by atoms with Crippen LogP contribution >= 0.6 is 27.5 Å². The van der Waals surface area contributed by atoms with Crippen LogP contribution in [-0.4, -0.2) is 16.1 Å². The average molecular weight is 343 g/mol. The van der Waals surface area contributed by atoms with Gasteiger partial charge in [-0.25, -0.2) is 9.78 Å². The van der Waals surface area contributed by atoms with Gasteiger partial charge in [0, 0.05) is 16.4 Å². The first-order valence-corrected chi connectivity index (χ1v) is 6.36. The van der Waals surface area contributed by atoms with Crippen molar-refractivity contribution in [2.45, 2.75) is 0 Å². The number of nitrogen functional groups attached to an aromatic ring is 1. The quantitative estimate of drug-likeness (QED) is 0.794. The van der Waals surface area contributed by atoms with Gasteiger partial charge < -0.3 is 16.2 Å². The molecule has 0 radical (unpaired) electrons. The Kier molecular flexibility index (Phi) is 3.92. The van der Waals surface area contributed by atoms with Gasteiger partial charge in [0.1, 0.15) is 0 Å². The van der Waals surface area contributed by atoms with E-state index in [1.165, 1.54) is 12.3 Å². The van der Waals surface area contributed by atoms with Crippen molar-refractivity contribution in [2.75, 3.05) is 11.1 Å². The largest absolute Gasteiger partial charge is 0.478 e. The van der Waals surface area contributed by atoms with Crippen LogP contribution in [0.3, 0.4) is 0 Å². The number of hydrogen-bond acceptors (Lipinski definition) is 4. The third-order valence-electron chi connectivity index (χ3n) is 2.40. The second-order valence-corrected chi connectivity index (χ2v) is 4.94. The summed E-state index contributed by atoms with van der Waals surface area (Å²) in [6, 6.07) is 6.56. The highest BCUT2D eigenvalue weighted by atomic mass is 79.9. The van der Waals surface area contributed by atoms with E-state index < -0.39 is 5.97 Å². The maximum absolute atomic E-state index is 11.0. The molecule has 1 aromatic heterocycles. The van der Waals surface area contributed by atoms with Crippen LogP contribution in [0.2, 0.25) is 5.02 Å².